The molecule has 0 radical (unpaired) electrons. The van der Waals surface area contributed by atoms with Crippen molar-refractivity contribution >= 4 is 17.9 Å². The van der Waals surface area contributed by atoms with Crippen LogP contribution in [-0.4, -0.2) is 37.2 Å². The summed E-state index contributed by atoms with van der Waals surface area (Å²) >= 11 is 0. The molecule has 1 atom stereocenters. The van der Waals surface area contributed by atoms with Crippen LogP contribution >= 0.6 is 0 Å². The van der Waals surface area contributed by atoms with E-state index in [1.807, 2.05) is 0 Å². The average molecular weight is 1090 g/mol. The molecule has 0 aromatic carbocycles. The molecule has 452 valence electrons. The second kappa shape index (κ2) is 66.4. The lowest BCUT2D eigenvalue weighted by Gasteiger charge is -2.18. The van der Waals surface area contributed by atoms with Gasteiger partial charge >= 0.3 is 17.9 Å². The van der Waals surface area contributed by atoms with Crippen LogP contribution in [0.25, 0.3) is 0 Å². The molecule has 0 aliphatic carbocycles. The van der Waals surface area contributed by atoms with Crippen molar-refractivity contribution in [3.05, 3.63) is 72.9 Å². The fraction of sp³-hybridized carbons (Fsp3) is 0.792. The monoisotopic (exact) mass is 1090 g/mol. The van der Waals surface area contributed by atoms with Gasteiger partial charge in [-0.1, -0.05) is 312 Å². The van der Waals surface area contributed by atoms with Crippen LogP contribution in [0.1, 0.15) is 348 Å². The van der Waals surface area contributed by atoms with Crippen LogP contribution in [0.15, 0.2) is 72.9 Å². The lowest BCUT2D eigenvalue weighted by atomic mass is 10.0. The van der Waals surface area contributed by atoms with E-state index < -0.39 is 6.10 Å². The Morgan fingerprint density at radius 2 is 0.500 bits per heavy atom. The Morgan fingerprint density at radius 1 is 0.269 bits per heavy atom. The maximum Gasteiger partial charge on any atom is 0.306 e. The minimum absolute atomic E-state index is 0.0844. The number of hydrogen-bond donors (Lipinski definition) is 0. The highest BCUT2D eigenvalue weighted by molar-refractivity contribution is 5.71. The summed E-state index contributed by atoms with van der Waals surface area (Å²) in [6.07, 6.45) is 86.5. The first-order chi connectivity index (χ1) is 38.5. The summed E-state index contributed by atoms with van der Waals surface area (Å²) in [5.74, 6) is -0.908. The highest BCUT2D eigenvalue weighted by Crippen LogP contribution is 2.18. The number of unbranched alkanes of at least 4 members (excludes halogenated alkanes) is 39. The first-order valence-electron chi connectivity index (χ1n) is 33.9. The van der Waals surface area contributed by atoms with Gasteiger partial charge in [-0.15, -0.1) is 0 Å². The molecule has 0 N–H and O–H groups in total. The second-order valence-corrected chi connectivity index (χ2v) is 22.7. The van der Waals surface area contributed by atoms with E-state index in [9.17, 15) is 14.4 Å². The normalized spacial score (nSPS) is 12.5. The van der Waals surface area contributed by atoms with Crippen LogP contribution in [0.2, 0.25) is 0 Å². The maximum atomic E-state index is 12.9. The zero-order valence-electron chi connectivity index (χ0n) is 51.9. The summed E-state index contributed by atoms with van der Waals surface area (Å²) in [5.41, 5.74) is 0. The van der Waals surface area contributed by atoms with E-state index in [1.54, 1.807) is 0 Å². The quantitative estimate of drug-likeness (QED) is 0.0261. The van der Waals surface area contributed by atoms with Crippen molar-refractivity contribution in [1.82, 2.24) is 0 Å². The van der Waals surface area contributed by atoms with Crippen LogP contribution < -0.4 is 0 Å². The van der Waals surface area contributed by atoms with Crippen LogP contribution in [-0.2, 0) is 28.6 Å². The summed E-state index contributed by atoms with van der Waals surface area (Å²) in [6, 6.07) is 0. The van der Waals surface area contributed by atoms with Crippen molar-refractivity contribution in [3.63, 3.8) is 0 Å². The van der Waals surface area contributed by atoms with E-state index in [-0.39, 0.29) is 31.1 Å². The zero-order valence-corrected chi connectivity index (χ0v) is 51.9. The van der Waals surface area contributed by atoms with E-state index in [4.69, 9.17) is 14.2 Å². The van der Waals surface area contributed by atoms with E-state index in [0.717, 1.165) is 89.9 Å². The van der Waals surface area contributed by atoms with Gasteiger partial charge in [0.25, 0.3) is 0 Å². The van der Waals surface area contributed by atoms with Crippen molar-refractivity contribution in [3.8, 4) is 0 Å². The van der Waals surface area contributed by atoms with Crippen LogP contribution in [0.4, 0.5) is 0 Å². The van der Waals surface area contributed by atoms with E-state index in [0.29, 0.717) is 19.3 Å². The van der Waals surface area contributed by atoms with E-state index >= 15 is 0 Å². The molecule has 0 fully saturated rings. The average Bonchev–Trinajstić information content (AvgIpc) is 3.44. The Morgan fingerprint density at radius 3 is 0.808 bits per heavy atom. The third-order valence-electron chi connectivity index (χ3n) is 14.9. The number of carbonyl (C=O) groups is 3. The fourth-order valence-electron chi connectivity index (χ4n) is 9.88. The summed E-state index contributed by atoms with van der Waals surface area (Å²) < 4.78 is 16.9. The van der Waals surface area contributed by atoms with Crippen molar-refractivity contribution in [2.75, 3.05) is 13.2 Å². The lowest BCUT2D eigenvalue weighted by molar-refractivity contribution is -0.167. The topological polar surface area (TPSA) is 78.9 Å². The van der Waals surface area contributed by atoms with Gasteiger partial charge in [0.2, 0.25) is 0 Å². The van der Waals surface area contributed by atoms with Crippen molar-refractivity contribution in [2.45, 2.75) is 354 Å². The molecule has 78 heavy (non-hydrogen) atoms. The smallest absolute Gasteiger partial charge is 0.306 e. The molecule has 6 heteroatoms. The third-order valence-corrected chi connectivity index (χ3v) is 14.9. The minimum atomic E-state index is -0.791. The van der Waals surface area contributed by atoms with Crippen LogP contribution in [0.5, 0.6) is 0 Å². The van der Waals surface area contributed by atoms with Gasteiger partial charge in [-0.25, -0.2) is 0 Å². The number of esters is 3. The molecule has 0 aromatic rings. The molecule has 0 saturated carbocycles. The molecule has 0 saturated heterocycles. The minimum Gasteiger partial charge on any atom is -0.462 e. The first-order valence-corrected chi connectivity index (χ1v) is 33.9. The highest BCUT2D eigenvalue weighted by Gasteiger charge is 2.19. The highest BCUT2D eigenvalue weighted by atomic mass is 16.6. The van der Waals surface area contributed by atoms with Gasteiger partial charge in [0.05, 0.1) is 0 Å². The van der Waals surface area contributed by atoms with Crippen LogP contribution in [0.3, 0.4) is 0 Å². The summed E-state index contributed by atoms with van der Waals surface area (Å²) in [7, 11) is 0. The van der Waals surface area contributed by atoms with Gasteiger partial charge in [0.1, 0.15) is 13.2 Å². The second-order valence-electron chi connectivity index (χ2n) is 22.7. The Kier molecular flexibility index (Phi) is 63.7. The van der Waals surface area contributed by atoms with Gasteiger partial charge in [0.15, 0.2) is 6.10 Å². The standard InChI is InChI=1S/C72H128O6/c1-4-7-10-13-16-19-22-25-28-30-31-32-33-34-35-36-37-38-39-40-41-42-45-47-50-53-56-59-62-65-71(74)77-68-69(67-76-70(73)64-61-58-55-52-49-46-43-27-24-21-18-15-12-9-6-3)78-72(75)66-63-60-57-54-51-48-44-29-26-23-20-17-14-11-8-5-2/h9,12,18,21-22,25,27,30-31,43,49,52,69H,4-8,10-11,13-17,19-20,23-24,26,28-29,32-42,44-48,50-51,53-68H2,1-3H3/b12-9-,21-18-,25-22-,31-30-,43-27-,52-49-. The molecule has 0 aliphatic heterocycles. The van der Waals surface area contributed by atoms with Gasteiger partial charge in [-0.2, -0.15) is 0 Å². The zero-order chi connectivity index (χ0) is 56.4. The molecule has 0 spiro atoms. The molecule has 0 aromatic heterocycles. The Labute approximate surface area is 484 Å². The molecular weight excluding hydrogens is 961 g/mol. The Balaban J connectivity index is 4.24. The molecule has 0 heterocycles. The van der Waals surface area contributed by atoms with Crippen molar-refractivity contribution < 1.29 is 28.6 Å². The van der Waals surface area contributed by atoms with Crippen molar-refractivity contribution in [2.24, 2.45) is 0 Å². The first kappa shape index (κ1) is 74.8. The summed E-state index contributed by atoms with van der Waals surface area (Å²) in [5, 5.41) is 0. The molecule has 0 amide bonds. The largest absolute Gasteiger partial charge is 0.462 e. The lowest BCUT2D eigenvalue weighted by Crippen LogP contribution is -2.30. The predicted octanol–water partition coefficient (Wildman–Crippen LogP) is 23.3. The Bertz CT molecular complexity index is 1440. The van der Waals surface area contributed by atoms with E-state index in [2.05, 4.69) is 93.7 Å². The van der Waals surface area contributed by atoms with Gasteiger partial charge in [-0.05, 0) is 89.9 Å². The summed E-state index contributed by atoms with van der Waals surface area (Å²) in [4.78, 5) is 38.3. The molecule has 6 nitrogen and oxygen atoms in total. The molecule has 0 bridgehead atoms. The molecule has 1 unspecified atom stereocenters. The number of allylic oxidation sites excluding steroid dienone is 12. The Hall–Kier alpha value is -3.15. The molecule has 0 rings (SSSR count). The van der Waals surface area contributed by atoms with Crippen LogP contribution in [0, 0.1) is 0 Å². The van der Waals surface area contributed by atoms with E-state index in [1.165, 1.54) is 218 Å². The van der Waals surface area contributed by atoms with Crippen molar-refractivity contribution in [1.29, 1.82) is 0 Å². The SMILES string of the molecule is CC/C=C\C/C=C\C/C=C\C/C=C\CCCCC(=O)OCC(COC(=O)CCCCCCCCCCCCCCCCCCC/C=C\C/C=C\CCCCCCC)OC(=O)CCCCCCCCCCCCCCCCCC. The molecular formula is C72H128O6. The maximum absolute atomic E-state index is 12.9. The fourth-order valence-corrected chi connectivity index (χ4v) is 9.88. The number of hydrogen-bond acceptors (Lipinski definition) is 6. The predicted molar refractivity (Wildman–Crippen MR) is 339 cm³/mol. The van der Waals surface area contributed by atoms with Gasteiger partial charge in [-0.3, -0.25) is 14.4 Å². The number of ether oxygens (including phenoxy) is 3. The summed E-state index contributed by atoms with van der Waals surface area (Å²) in [6.45, 7) is 6.53. The molecule has 0 aliphatic rings. The number of rotatable bonds is 62. The van der Waals surface area contributed by atoms with Gasteiger partial charge < -0.3 is 14.2 Å². The third kappa shape index (κ3) is 63.7. The number of carbonyl (C=O) groups excluding carboxylic acids is 3. The van der Waals surface area contributed by atoms with Gasteiger partial charge in [0, 0.05) is 19.3 Å².